The van der Waals surface area contributed by atoms with Crippen molar-refractivity contribution in [3.63, 3.8) is 0 Å². The monoisotopic (exact) mass is 440 g/mol. The number of likely N-dealkylation sites (N-methyl/N-ethyl adjacent to an activating group) is 1. The van der Waals surface area contributed by atoms with Crippen LogP contribution < -0.4 is 10.6 Å². The lowest BCUT2D eigenvalue weighted by Gasteiger charge is -2.18. The van der Waals surface area contributed by atoms with Gasteiger partial charge in [0.15, 0.2) is 16.8 Å². The second-order valence-electron chi connectivity index (χ2n) is 6.14. The highest BCUT2D eigenvalue weighted by Crippen LogP contribution is 2.28. The van der Waals surface area contributed by atoms with Gasteiger partial charge in [-0.15, -0.1) is 0 Å². The van der Waals surface area contributed by atoms with Gasteiger partial charge in [-0.05, 0) is 41.6 Å². The predicted octanol–water partition coefficient (Wildman–Crippen LogP) is 3.23. The summed E-state index contributed by atoms with van der Waals surface area (Å²) in [6, 6.07) is 8.10. The number of hydrogen-bond donors (Lipinski definition) is 2. The van der Waals surface area contributed by atoms with Gasteiger partial charge in [0, 0.05) is 7.05 Å². The molecular weight excluding hydrogens is 424 g/mol. The fourth-order valence-electron chi connectivity index (χ4n) is 2.86. The van der Waals surface area contributed by atoms with Crippen molar-refractivity contribution in [3.05, 3.63) is 59.7 Å². The number of halogens is 4. The number of hydrogen-bond acceptors (Lipinski definition) is 4. The minimum absolute atomic E-state index is 0.0271. The first-order valence-corrected chi connectivity index (χ1v) is 9.54. The highest BCUT2D eigenvalue weighted by atomic mass is 32.2. The third kappa shape index (κ3) is 4.73. The number of amides is 2. The number of rotatable bonds is 7. The molecule has 11 heteroatoms. The Morgan fingerprint density at radius 1 is 1.13 bits per heavy atom. The lowest BCUT2D eigenvalue weighted by atomic mass is 10.1. The number of imidazole rings is 1. The molecule has 1 heterocycles. The Kier molecular flexibility index (Phi) is 6.60. The molecule has 2 aromatic carbocycles. The maximum Gasteiger partial charge on any atom is 0.291 e. The summed E-state index contributed by atoms with van der Waals surface area (Å²) < 4.78 is 53.9. The first-order chi connectivity index (χ1) is 14.3. The second-order valence-corrected chi connectivity index (χ2v) is 7.09. The molecular formula is C19H16F4N4O2S. The number of carbonyl (C=O) groups is 2. The Labute approximate surface area is 172 Å². The quantitative estimate of drug-likeness (QED) is 0.437. The zero-order valence-electron chi connectivity index (χ0n) is 15.5. The smallest absolute Gasteiger partial charge is 0.291 e. The van der Waals surface area contributed by atoms with Crippen LogP contribution in [0, 0.1) is 11.6 Å². The van der Waals surface area contributed by atoms with E-state index in [2.05, 4.69) is 15.6 Å². The summed E-state index contributed by atoms with van der Waals surface area (Å²) in [5.74, 6) is -6.38. The maximum atomic E-state index is 13.6. The Balaban J connectivity index is 1.88. The number of fused-ring (bicyclic) bond motifs is 1. The molecule has 1 aromatic heterocycles. The zero-order valence-corrected chi connectivity index (χ0v) is 16.4. The average Bonchev–Trinajstić information content (AvgIpc) is 3.04. The van der Waals surface area contributed by atoms with Crippen molar-refractivity contribution in [1.82, 2.24) is 20.2 Å². The van der Waals surface area contributed by atoms with Crippen molar-refractivity contribution in [2.45, 2.75) is 23.5 Å². The Morgan fingerprint density at radius 2 is 1.87 bits per heavy atom. The fraction of sp³-hybridized carbons (Fsp3) is 0.211. The molecule has 0 saturated carbocycles. The van der Waals surface area contributed by atoms with Gasteiger partial charge in [-0.3, -0.25) is 9.59 Å². The molecule has 0 aliphatic rings. The SMILES string of the molecule is CNC(=O)C(NC(=O)Cn1c(SC(F)F)nc2ccccc21)c1ccc(F)c(F)c1. The molecule has 6 nitrogen and oxygen atoms in total. The largest absolute Gasteiger partial charge is 0.357 e. The molecule has 0 aliphatic heterocycles. The van der Waals surface area contributed by atoms with Crippen LogP contribution in [0.5, 0.6) is 0 Å². The van der Waals surface area contributed by atoms with E-state index in [4.69, 9.17) is 0 Å². The minimum Gasteiger partial charge on any atom is -0.357 e. The van der Waals surface area contributed by atoms with Crippen molar-refractivity contribution in [1.29, 1.82) is 0 Å². The van der Waals surface area contributed by atoms with Crippen molar-refractivity contribution < 1.29 is 27.2 Å². The van der Waals surface area contributed by atoms with E-state index in [0.717, 1.165) is 12.1 Å². The van der Waals surface area contributed by atoms with Crippen LogP contribution >= 0.6 is 11.8 Å². The molecule has 30 heavy (non-hydrogen) atoms. The van der Waals surface area contributed by atoms with Gasteiger partial charge in [-0.25, -0.2) is 13.8 Å². The van der Waals surface area contributed by atoms with Crippen LogP contribution in [-0.4, -0.2) is 34.2 Å². The van der Waals surface area contributed by atoms with Crippen LogP contribution in [0.2, 0.25) is 0 Å². The van der Waals surface area contributed by atoms with E-state index in [1.54, 1.807) is 24.3 Å². The van der Waals surface area contributed by atoms with Gasteiger partial charge in [-0.2, -0.15) is 8.78 Å². The second kappa shape index (κ2) is 9.16. The maximum absolute atomic E-state index is 13.6. The summed E-state index contributed by atoms with van der Waals surface area (Å²) in [7, 11) is 1.32. The van der Waals surface area contributed by atoms with Gasteiger partial charge in [-0.1, -0.05) is 18.2 Å². The number of nitrogens with one attached hydrogen (secondary N) is 2. The highest BCUT2D eigenvalue weighted by molar-refractivity contribution is 7.99. The summed E-state index contributed by atoms with van der Waals surface area (Å²) in [5, 5.41) is 4.70. The summed E-state index contributed by atoms with van der Waals surface area (Å²) in [4.78, 5) is 29.0. The van der Waals surface area contributed by atoms with Gasteiger partial charge < -0.3 is 15.2 Å². The van der Waals surface area contributed by atoms with E-state index >= 15 is 0 Å². The van der Waals surface area contributed by atoms with Crippen LogP contribution in [0.15, 0.2) is 47.6 Å². The van der Waals surface area contributed by atoms with Gasteiger partial charge in [0.25, 0.3) is 5.76 Å². The van der Waals surface area contributed by atoms with Crippen LogP contribution in [0.25, 0.3) is 11.0 Å². The van der Waals surface area contributed by atoms with Gasteiger partial charge in [0.05, 0.1) is 11.0 Å². The molecule has 0 spiro atoms. The van der Waals surface area contributed by atoms with E-state index in [9.17, 15) is 27.2 Å². The molecule has 1 atom stereocenters. The predicted molar refractivity (Wildman–Crippen MR) is 103 cm³/mol. The third-order valence-electron chi connectivity index (χ3n) is 4.21. The standard InChI is InChI=1S/C19H16F4N4O2S/c1-24-17(29)16(10-6-7-11(20)12(21)8-10)26-15(28)9-27-14-5-3-2-4-13(14)25-19(27)30-18(22)23/h2-8,16,18H,9H2,1H3,(H,24,29)(H,26,28). The fourth-order valence-corrected chi connectivity index (χ4v) is 3.46. The number of para-hydroxylation sites is 2. The van der Waals surface area contributed by atoms with Crippen molar-refractivity contribution >= 4 is 34.6 Å². The summed E-state index contributed by atoms with van der Waals surface area (Å²) in [6.07, 6.45) is 0. The molecule has 2 amide bonds. The van der Waals surface area contributed by atoms with Crippen LogP contribution in [0.1, 0.15) is 11.6 Å². The molecule has 1 unspecified atom stereocenters. The molecule has 158 valence electrons. The number of carbonyl (C=O) groups excluding carboxylic acids is 2. The topological polar surface area (TPSA) is 76.0 Å². The number of nitrogens with zero attached hydrogens (tertiary/aromatic N) is 2. The Morgan fingerprint density at radius 3 is 2.53 bits per heavy atom. The molecule has 0 fully saturated rings. The summed E-state index contributed by atoms with van der Waals surface area (Å²) in [6.45, 7) is -0.410. The molecule has 0 bridgehead atoms. The number of thioether (sulfide) groups is 1. The number of alkyl halides is 2. The number of benzene rings is 2. The first-order valence-electron chi connectivity index (χ1n) is 8.66. The molecule has 0 aliphatic carbocycles. The minimum atomic E-state index is -2.75. The summed E-state index contributed by atoms with van der Waals surface area (Å²) >= 11 is 0.190. The highest BCUT2D eigenvalue weighted by Gasteiger charge is 2.24. The van der Waals surface area contributed by atoms with Crippen LogP contribution in [0.4, 0.5) is 17.6 Å². The van der Waals surface area contributed by atoms with Gasteiger partial charge in [0.2, 0.25) is 11.8 Å². The molecule has 0 saturated heterocycles. The Bertz CT molecular complexity index is 1090. The summed E-state index contributed by atoms with van der Waals surface area (Å²) in [5.41, 5.74) is 0.913. The average molecular weight is 440 g/mol. The van der Waals surface area contributed by atoms with E-state index in [-0.39, 0.29) is 22.5 Å². The van der Waals surface area contributed by atoms with Crippen molar-refractivity contribution in [2.75, 3.05) is 7.05 Å². The zero-order chi connectivity index (χ0) is 21.8. The van der Waals surface area contributed by atoms with Gasteiger partial charge >= 0.3 is 0 Å². The van der Waals surface area contributed by atoms with E-state index in [1.165, 1.54) is 17.7 Å². The van der Waals surface area contributed by atoms with E-state index in [1.807, 2.05) is 0 Å². The number of aromatic nitrogens is 2. The lowest BCUT2D eigenvalue weighted by molar-refractivity contribution is -0.129. The normalized spacial score (nSPS) is 12.2. The Hall–Kier alpha value is -3.08. The first kappa shape index (κ1) is 21.6. The van der Waals surface area contributed by atoms with Crippen molar-refractivity contribution in [2.24, 2.45) is 0 Å². The molecule has 3 aromatic rings. The van der Waals surface area contributed by atoms with Gasteiger partial charge in [0.1, 0.15) is 12.6 Å². The van der Waals surface area contributed by atoms with E-state index in [0.29, 0.717) is 11.0 Å². The lowest BCUT2D eigenvalue weighted by Crippen LogP contribution is -2.40. The van der Waals surface area contributed by atoms with Crippen LogP contribution in [0.3, 0.4) is 0 Å². The molecule has 2 N–H and O–H groups in total. The third-order valence-corrected chi connectivity index (χ3v) is 4.91. The molecule has 3 rings (SSSR count). The molecule has 0 radical (unpaired) electrons. The van der Waals surface area contributed by atoms with Crippen molar-refractivity contribution in [3.8, 4) is 0 Å². The van der Waals surface area contributed by atoms with E-state index < -0.39 is 41.8 Å². The van der Waals surface area contributed by atoms with Crippen LogP contribution in [-0.2, 0) is 16.1 Å².